The summed E-state index contributed by atoms with van der Waals surface area (Å²) in [6, 6.07) is 9.56. The lowest BCUT2D eigenvalue weighted by atomic mass is 9.84. The van der Waals surface area contributed by atoms with E-state index in [9.17, 15) is 24.6 Å². The molecule has 4 atom stereocenters. The number of aliphatic hydroxyl groups is 2. The fraction of sp³-hybridized carbons (Fsp3) is 0.393. The van der Waals surface area contributed by atoms with Crippen molar-refractivity contribution in [3.8, 4) is 11.5 Å². The van der Waals surface area contributed by atoms with Crippen LogP contribution in [0.5, 0.6) is 11.5 Å². The minimum atomic E-state index is -2.72. The number of guanidine groups is 2. The third kappa shape index (κ3) is 3.87. The van der Waals surface area contributed by atoms with Crippen LogP contribution in [0.25, 0.3) is 0 Å². The molecule has 0 bridgehead atoms. The Labute approximate surface area is 250 Å². The number of ether oxygens (including phenoxy) is 2. The molecule has 5 aliphatic rings. The summed E-state index contributed by atoms with van der Waals surface area (Å²) in [6.45, 7) is 2.79. The zero-order chi connectivity index (χ0) is 31.2. The molecule has 5 aliphatic heterocycles. The van der Waals surface area contributed by atoms with Gasteiger partial charge in [-0.1, -0.05) is 24.3 Å². The third-order valence-corrected chi connectivity index (χ3v) is 8.53. The van der Waals surface area contributed by atoms with Gasteiger partial charge in [-0.25, -0.2) is 14.8 Å². The average Bonchev–Trinajstić information content (AvgIpc) is 3.65. The number of benzene rings is 2. The Morgan fingerprint density at radius 1 is 1.09 bits per heavy atom. The third-order valence-electron chi connectivity index (χ3n) is 8.53. The molecule has 7 rings (SSSR count). The molecule has 8 N–H and O–H groups in total. The molecule has 2 fully saturated rings. The highest BCUT2D eigenvalue weighted by Crippen LogP contribution is 2.46. The molecule has 0 aliphatic carbocycles. The van der Waals surface area contributed by atoms with Gasteiger partial charge in [-0.05, 0) is 24.3 Å². The van der Waals surface area contributed by atoms with E-state index in [0.717, 1.165) is 4.90 Å². The number of hydrogen-bond acceptors (Lipinski definition) is 13. The predicted molar refractivity (Wildman–Crippen MR) is 154 cm³/mol. The Morgan fingerprint density at radius 2 is 1.84 bits per heavy atom. The number of hydrogen-bond donors (Lipinski definition) is 6. The number of imide groups is 1. The van der Waals surface area contributed by atoms with Gasteiger partial charge in [-0.15, -0.1) is 0 Å². The quantitative estimate of drug-likeness (QED) is 0.169. The van der Waals surface area contributed by atoms with E-state index in [4.69, 9.17) is 20.9 Å². The van der Waals surface area contributed by atoms with Crippen LogP contribution in [0.4, 0.5) is 10.5 Å². The molecule has 1 unspecified atom stereocenters. The molecule has 0 saturated carbocycles. The lowest BCUT2D eigenvalue weighted by Gasteiger charge is -2.49. The van der Waals surface area contributed by atoms with Gasteiger partial charge >= 0.3 is 6.03 Å². The molecule has 44 heavy (non-hydrogen) atoms. The number of nitrogens with zero attached hydrogens (tertiary/aromatic N) is 5. The van der Waals surface area contributed by atoms with Crippen molar-refractivity contribution in [2.75, 3.05) is 24.5 Å². The van der Waals surface area contributed by atoms with Crippen molar-refractivity contribution >= 4 is 35.5 Å². The van der Waals surface area contributed by atoms with Crippen molar-refractivity contribution in [2.45, 2.75) is 49.2 Å². The van der Waals surface area contributed by atoms with E-state index in [1.807, 2.05) is 0 Å². The van der Waals surface area contributed by atoms with Crippen LogP contribution in [-0.2, 0) is 4.79 Å². The van der Waals surface area contributed by atoms with Gasteiger partial charge in [0.05, 0.1) is 18.2 Å². The van der Waals surface area contributed by atoms with Crippen LogP contribution in [0.3, 0.4) is 0 Å². The zero-order valence-corrected chi connectivity index (χ0v) is 23.8. The van der Waals surface area contributed by atoms with Crippen molar-refractivity contribution in [1.82, 2.24) is 20.4 Å². The summed E-state index contributed by atoms with van der Waals surface area (Å²) in [5.74, 6) is -4.48. The Hall–Kier alpha value is -5.09. The number of carbonyl (C=O) groups is 3. The monoisotopic (exact) mass is 605 g/mol. The van der Waals surface area contributed by atoms with Gasteiger partial charge in [0.25, 0.3) is 11.8 Å². The molecule has 4 amide bonds. The van der Waals surface area contributed by atoms with Crippen LogP contribution in [0, 0.1) is 0 Å². The van der Waals surface area contributed by atoms with Crippen LogP contribution in [0.15, 0.2) is 58.5 Å². The van der Waals surface area contributed by atoms with Crippen molar-refractivity contribution in [3.63, 3.8) is 0 Å². The molecule has 0 aromatic heterocycles. The second kappa shape index (κ2) is 9.20. The number of aliphatic imine (C=N–C) groups is 2. The summed E-state index contributed by atoms with van der Waals surface area (Å²) in [5, 5.41) is 29.1. The van der Waals surface area contributed by atoms with Gasteiger partial charge in [0.2, 0.25) is 11.6 Å². The molecular formula is C28H31N9O7. The van der Waals surface area contributed by atoms with Crippen molar-refractivity contribution in [2.24, 2.45) is 21.5 Å². The Balaban J connectivity index is 1.16. The standard InChI is InChI=1S/C28H31N9O7/c1-26(2)43-17-10-6-9-15(20(17)44-26)22(39)32-18-12-37-24(30)31-16(21-27(37,28(18,41)42)34-23(29)33-21)11-36-19(38)13-35(25(36)40)14-7-4-3-5-8-14/h3-10,16,18,21,41-42H,11-13H2,1-2H3,(H2,30,31)(H,32,39)(H3,29,33,34)/t16-,18?,21-,27-/m0/s1. The van der Waals surface area contributed by atoms with Crippen molar-refractivity contribution in [3.05, 3.63) is 54.1 Å². The summed E-state index contributed by atoms with van der Waals surface area (Å²) in [7, 11) is 0. The number of nitrogens with one attached hydrogen (secondary N) is 2. The SMILES string of the molecule is CC1(C)Oc2cccc(C(=O)NC3CN4C(N)=N[C@@H](CN5C(=O)CN(c6ccccc6)C5=O)[C@@H]5N=C(N)N[C@@]54C3(O)O)c2O1. The van der Waals surface area contributed by atoms with Crippen LogP contribution >= 0.6 is 0 Å². The van der Waals surface area contributed by atoms with Crippen LogP contribution in [0.1, 0.15) is 24.2 Å². The summed E-state index contributed by atoms with van der Waals surface area (Å²) >= 11 is 0. The molecule has 16 heteroatoms. The predicted octanol–water partition coefficient (Wildman–Crippen LogP) is -1.56. The lowest BCUT2D eigenvalue weighted by Crippen LogP contribution is -2.78. The summed E-state index contributed by atoms with van der Waals surface area (Å²) < 4.78 is 11.6. The first kappa shape index (κ1) is 27.7. The van der Waals surface area contributed by atoms with E-state index in [0.29, 0.717) is 11.4 Å². The van der Waals surface area contributed by atoms with Crippen molar-refractivity contribution in [1.29, 1.82) is 0 Å². The smallest absolute Gasteiger partial charge is 0.331 e. The van der Waals surface area contributed by atoms with E-state index < -0.39 is 53.2 Å². The highest BCUT2D eigenvalue weighted by Gasteiger charge is 2.73. The Morgan fingerprint density at radius 3 is 2.59 bits per heavy atom. The second-order valence-electron chi connectivity index (χ2n) is 11.7. The van der Waals surface area contributed by atoms with Gasteiger partial charge in [-0.3, -0.25) is 19.4 Å². The molecule has 5 heterocycles. The van der Waals surface area contributed by atoms with Crippen LogP contribution in [0.2, 0.25) is 0 Å². The largest absolute Gasteiger partial charge is 0.449 e. The van der Waals surface area contributed by atoms with Gasteiger partial charge in [0.1, 0.15) is 18.6 Å². The molecular weight excluding hydrogens is 574 g/mol. The molecule has 1 spiro atoms. The normalized spacial score (nSPS) is 29.2. The highest BCUT2D eigenvalue weighted by atomic mass is 16.7. The van der Waals surface area contributed by atoms with Crippen LogP contribution < -0.4 is 36.5 Å². The van der Waals surface area contributed by atoms with Gasteiger partial charge < -0.3 is 46.7 Å². The summed E-state index contributed by atoms with van der Waals surface area (Å²) in [6.07, 6.45) is 0. The maximum atomic E-state index is 13.5. The number of nitrogens with two attached hydrogens (primary N) is 2. The number of amides is 4. The number of para-hydroxylation sites is 2. The maximum absolute atomic E-state index is 13.5. The first-order valence-electron chi connectivity index (χ1n) is 14.0. The second-order valence-corrected chi connectivity index (χ2v) is 11.7. The first-order chi connectivity index (χ1) is 20.8. The number of anilines is 1. The minimum Gasteiger partial charge on any atom is -0.449 e. The van der Waals surface area contributed by atoms with E-state index in [2.05, 4.69) is 20.6 Å². The van der Waals surface area contributed by atoms with Crippen LogP contribution in [-0.4, -0.2) is 105 Å². The topological polar surface area (TPSA) is 221 Å². The molecule has 2 aromatic carbocycles. The lowest BCUT2D eigenvalue weighted by molar-refractivity contribution is -0.230. The first-order valence-corrected chi connectivity index (χ1v) is 14.0. The molecule has 2 aromatic rings. The number of rotatable bonds is 5. The Bertz CT molecular complexity index is 1640. The van der Waals surface area contributed by atoms with Gasteiger partial charge in [0.15, 0.2) is 29.1 Å². The number of urea groups is 1. The van der Waals surface area contributed by atoms with E-state index in [-0.39, 0.29) is 42.9 Å². The zero-order valence-electron chi connectivity index (χ0n) is 23.8. The Kier molecular flexibility index (Phi) is 5.80. The van der Waals surface area contributed by atoms with Crippen molar-refractivity contribution < 1.29 is 34.1 Å². The average molecular weight is 606 g/mol. The molecule has 0 radical (unpaired) electrons. The molecule has 230 valence electrons. The van der Waals surface area contributed by atoms with E-state index in [1.54, 1.807) is 56.3 Å². The number of fused-ring (bicyclic) bond motifs is 1. The van der Waals surface area contributed by atoms with Gasteiger partial charge in [0, 0.05) is 26.1 Å². The minimum absolute atomic E-state index is 0.119. The van der Waals surface area contributed by atoms with E-state index in [1.165, 1.54) is 15.9 Å². The van der Waals surface area contributed by atoms with E-state index >= 15 is 0 Å². The molecule has 2 saturated heterocycles. The fourth-order valence-electron chi connectivity index (χ4n) is 6.60. The molecule has 16 nitrogen and oxygen atoms in total. The van der Waals surface area contributed by atoms with Gasteiger partial charge in [-0.2, -0.15) is 0 Å². The summed E-state index contributed by atoms with van der Waals surface area (Å²) in [5.41, 5.74) is 11.3. The fourth-order valence-corrected chi connectivity index (χ4v) is 6.60. The maximum Gasteiger partial charge on any atom is 0.331 e. The summed E-state index contributed by atoms with van der Waals surface area (Å²) in [4.78, 5) is 52.5. The highest BCUT2D eigenvalue weighted by molar-refractivity contribution is 6.12. The number of carbonyl (C=O) groups excluding carboxylic acids is 3.